The van der Waals surface area contributed by atoms with Crippen LogP contribution in [0, 0.1) is 6.92 Å². The lowest BCUT2D eigenvalue weighted by molar-refractivity contribution is -0.124. The SMILES string of the molecule is Cc1ccc(Sc2ncccc2C(=O)OCC(=O)NCc2cccs2)cc1. The van der Waals surface area contributed by atoms with Crippen LogP contribution >= 0.6 is 23.1 Å². The largest absolute Gasteiger partial charge is 0.452 e. The topological polar surface area (TPSA) is 68.3 Å². The van der Waals surface area contributed by atoms with Crippen molar-refractivity contribution in [2.45, 2.75) is 23.4 Å². The van der Waals surface area contributed by atoms with Crippen LogP contribution in [0.1, 0.15) is 20.8 Å². The highest BCUT2D eigenvalue weighted by molar-refractivity contribution is 7.99. The molecule has 2 aromatic heterocycles. The van der Waals surface area contributed by atoms with Crippen molar-refractivity contribution in [3.8, 4) is 0 Å². The van der Waals surface area contributed by atoms with E-state index in [9.17, 15) is 9.59 Å². The van der Waals surface area contributed by atoms with Crippen LogP contribution in [-0.2, 0) is 16.1 Å². The molecule has 3 aromatic rings. The lowest BCUT2D eigenvalue weighted by Gasteiger charge is -2.09. The summed E-state index contributed by atoms with van der Waals surface area (Å²) in [4.78, 5) is 30.6. The minimum absolute atomic E-state index is 0.326. The molecule has 27 heavy (non-hydrogen) atoms. The van der Waals surface area contributed by atoms with Gasteiger partial charge in [0.1, 0.15) is 5.03 Å². The first-order valence-corrected chi connectivity index (χ1v) is 9.97. The van der Waals surface area contributed by atoms with E-state index in [2.05, 4.69) is 10.3 Å². The van der Waals surface area contributed by atoms with Crippen LogP contribution < -0.4 is 5.32 Å². The van der Waals surface area contributed by atoms with Gasteiger partial charge in [-0.15, -0.1) is 11.3 Å². The van der Waals surface area contributed by atoms with Gasteiger partial charge in [-0.2, -0.15) is 0 Å². The molecule has 1 aromatic carbocycles. The van der Waals surface area contributed by atoms with Crippen molar-refractivity contribution in [1.82, 2.24) is 10.3 Å². The summed E-state index contributed by atoms with van der Waals surface area (Å²) in [6.07, 6.45) is 1.63. The van der Waals surface area contributed by atoms with Crippen LogP contribution in [0.15, 0.2) is 70.0 Å². The molecule has 1 N–H and O–H groups in total. The Labute approximate surface area is 165 Å². The number of aryl methyl sites for hydroxylation is 1. The van der Waals surface area contributed by atoms with E-state index in [1.54, 1.807) is 29.7 Å². The molecule has 1 amide bonds. The van der Waals surface area contributed by atoms with E-state index in [4.69, 9.17) is 4.74 Å². The van der Waals surface area contributed by atoms with Crippen LogP contribution in [0.5, 0.6) is 0 Å². The molecule has 5 nitrogen and oxygen atoms in total. The predicted molar refractivity (Wildman–Crippen MR) is 106 cm³/mol. The van der Waals surface area contributed by atoms with E-state index in [1.165, 1.54) is 11.8 Å². The summed E-state index contributed by atoms with van der Waals surface area (Å²) in [6.45, 7) is 2.12. The molecule has 0 spiro atoms. The third kappa shape index (κ3) is 5.67. The molecule has 0 unspecified atom stereocenters. The Bertz CT molecular complexity index is 909. The van der Waals surface area contributed by atoms with Gasteiger partial charge in [0.15, 0.2) is 6.61 Å². The van der Waals surface area contributed by atoms with E-state index in [1.807, 2.05) is 48.7 Å². The zero-order valence-corrected chi connectivity index (χ0v) is 16.3. The van der Waals surface area contributed by atoms with Crippen molar-refractivity contribution in [2.24, 2.45) is 0 Å². The molecule has 0 atom stereocenters. The molecule has 0 saturated carbocycles. The number of aromatic nitrogens is 1. The monoisotopic (exact) mass is 398 g/mol. The molecule has 7 heteroatoms. The van der Waals surface area contributed by atoms with Crippen LogP contribution in [0.4, 0.5) is 0 Å². The third-order valence-electron chi connectivity index (χ3n) is 3.60. The van der Waals surface area contributed by atoms with Gasteiger partial charge in [-0.05, 0) is 42.6 Å². The van der Waals surface area contributed by atoms with Crippen molar-refractivity contribution in [1.29, 1.82) is 0 Å². The summed E-state index contributed by atoms with van der Waals surface area (Å²) in [5.41, 5.74) is 1.50. The number of amides is 1. The van der Waals surface area contributed by atoms with E-state index < -0.39 is 5.97 Å². The molecule has 0 radical (unpaired) electrons. The first-order chi connectivity index (χ1) is 13.1. The molecule has 138 valence electrons. The minimum atomic E-state index is -0.566. The molecule has 0 aliphatic heterocycles. The number of benzene rings is 1. The van der Waals surface area contributed by atoms with Crippen molar-refractivity contribution >= 4 is 35.0 Å². The molecule has 2 heterocycles. The number of thiophene rings is 1. The summed E-state index contributed by atoms with van der Waals surface area (Å²) >= 11 is 2.94. The van der Waals surface area contributed by atoms with Gasteiger partial charge in [0.2, 0.25) is 0 Å². The second-order valence-corrected chi connectivity index (χ2v) is 7.80. The summed E-state index contributed by atoms with van der Waals surface area (Å²) in [7, 11) is 0. The van der Waals surface area contributed by atoms with Crippen molar-refractivity contribution in [3.05, 3.63) is 76.1 Å². The Morgan fingerprint density at radius 2 is 1.96 bits per heavy atom. The second kappa shape index (κ2) is 9.34. The minimum Gasteiger partial charge on any atom is -0.452 e. The van der Waals surface area contributed by atoms with E-state index in [0.717, 1.165) is 15.3 Å². The highest BCUT2D eigenvalue weighted by Crippen LogP contribution is 2.29. The van der Waals surface area contributed by atoms with E-state index in [-0.39, 0.29) is 12.5 Å². The lowest BCUT2D eigenvalue weighted by Crippen LogP contribution is -2.28. The number of esters is 1. The maximum Gasteiger partial charge on any atom is 0.341 e. The lowest BCUT2D eigenvalue weighted by atomic mass is 10.2. The fourth-order valence-electron chi connectivity index (χ4n) is 2.20. The van der Waals surface area contributed by atoms with Gasteiger partial charge >= 0.3 is 5.97 Å². The van der Waals surface area contributed by atoms with Crippen LogP contribution in [0.3, 0.4) is 0 Å². The third-order valence-corrected chi connectivity index (χ3v) is 5.50. The quantitative estimate of drug-likeness (QED) is 0.608. The average molecular weight is 399 g/mol. The number of pyridine rings is 1. The highest BCUT2D eigenvalue weighted by Gasteiger charge is 2.16. The second-order valence-electron chi connectivity index (χ2n) is 5.70. The summed E-state index contributed by atoms with van der Waals surface area (Å²) in [6, 6.07) is 15.1. The van der Waals surface area contributed by atoms with Crippen molar-refractivity contribution < 1.29 is 14.3 Å². The molecule has 0 aliphatic rings. The average Bonchev–Trinajstić information content (AvgIpc) is 3.20. The van der Waals surface area contributed by atoms with Gasteiger partial charge < -0.3 is 10.1 Å². The molecule has 3 rings (SSSR count). The Kier molecular flexibility index (Phi) is 6.62. The number of rotatable bonds is 7. The number of hydrogen-bond acceptors (Lipinski definition) is 6. The Morgan fingerprint density at radius 1 is 1.15 bits per heavy atom. The van der Waals surface area contributed by atoms with Crippen molar-refractivity contribution in [2.75, 3.05) is 6.61 Å². The van der Waals surface area contributed by atoms with E-state index >= 15 is 0 Å². The van der Waals surface area contributed by atoms with Crippen LogP contribution in [0.2, 0.25) is 0 Å². The standard InChI is InChI=1S/C20H18N2O3S2/c1-14-6-8-15(9-7-14)27-19-17(5-2-10-21-19)20(24)25-13-18(23)22-12-16-4-3-11-26-16/h2-11H,12-13H2,1H3,(H,22,23). The molecule has 0 fully saturated rings. The Hall–Kier alpha value is -2.64. The van der Waals surface area contributed by atoms with Gasteiger partial charge in [0, 0.05) is 16.0 Å². The van der Waals surface area contributed by atoms with Gasteiger partial charge in [0.05, 0.1) is 12.1 Å². The number of nitrogens with zero attached hydrogens (tertiary/aromatic N) is 1. The Balaban J connectivity index is 1.57. The van der Waals surface area contributed by atoms with Gasteiger partial charge in [-0.25, -0.2) is 9.78 Å². The number of ether oxygens (including phenoxy) is 1. The number of carbonyl (C=O) groups is 2. The molecule has 0 bridgehead atoms. The molecule has 0 saturated heterocycles. The first-order valence-electron chi connectivity index (χ1n) is 8.27. The molecular formula is C20H18N2O3S2. The highest BCUT2D eigenvalue weighted by atomic mass is 32.2. The van der Waals surface area contributed by atoms with E-state index in [0.29, 0.717) is 17.1 Å². The number of hydrogen-bond donors (Lipinski definition) is 1. The smallest absolute Gasteiger partial charge is 0.341 e. The zero-order chi connectivity index (χ0) is 19.1. The number of carbonyl (C=O) groups excluding carboxylic acids is 2. The normalized spacial score (nSPS) is 10.4. The fourth-order valence-corrected chi connectivity index (χ4v) is 3.72. The van der Waals surface area contributed by atoms with Gasteiger partial charge in [0.25, 0.3) is 5.91 Å². The van der Waals surface area contributed by atoms with Gasteiger partial charge in [-0.1, -0.05) is 35.5 Å². The van der Waals surface area contributed by atoms with Crippen LogP contribution in [-0.4, -0.2) is 23.5 Å². The maximum atomic E-state index is 12.4. The summed E-state index contributed by atoms with van der Waals surface area (Å²) < 4.78 is 5.16. The number of nitrogens with one attached hydrogen (secondary N) is 1. The van der Waals surface area contributed by atoms with Crippen LogP contribution in [0.25, 0.3) is 0 Å². The molecule has 0 aliphatic carbocycles. The zero-order valence-electron chi connectivity index (χ0n) is 14.7. The maximum absolute atomic E-state index is 12.4. The molecular weight excluding hydrogens is 380 g/mol. The Morgan fingerprint density at radius 3 is 2.70 bits per heavy atom. The fraction of sp³-hybridized carbons (Fsp3) is 0.150. The predicted octanol–water partition coefficient (Wildman–Crippen LogP) is 4.08. The van der Waals surface area contributed by atoms with Crippen molar-refractivity contribution in [3.63, 3.8) is 0 Å². The summed E-state index contributed by atoms with van der Waals surface area (Å²) in [5.74, 6) is -0.905. The van der Waals surface area contributed by atoms with Gasteiger partial charge in [-0.3, -0.25) is 4.79 Å². The first kappa shape index (κ1) is 19.1. The summed E-state index contributed by atoms with van der Waals surface area (Å²) in [5, 5.41) is 5.21.